The van der Waals surface area contributed by atoms with Crippen LogP contribution in [0.2, 0.25) is 0 Å². The van der Waals surface area contributed by atoms with Gasteiger partial charge in [0.1, 0.15) is 0 Å². The summed E-state index contributed by atoms with van der Waals surface area (Å²) in [6, 6.07) is 56.8. The molecule has 0 atom stereocenters. The van der Waals surface area contributed by atoms with E-state index >= 15 is 0 Å². The minimum atomic E-state index is -0.391. The molecule has 0 spiro atoms. The molecule has 12 rings (SSSR count). The number of aromatic nitrogens is 2. The number of hydrogen-bond acceptors (Lipinski definition) is 1. The molecule has 0 unspecified atom stereocenters. The average Bonchev–Trinajstić information content (AvgIpc) is 3.95. The van der Waals surface area contributed by atoms with Crippen molar-refractivity contribution < 1.29 is 6.85 Å². The maximum absolute atomic E-state index is 8.79. The van der Waals surface area contributed by atoms with Crippen LogP contribution in [0.15, 0.2) is 194 Å². The first kappa shape index (κ1) is 25.9. The minimum Gasteiger partial charge on any atom is -0.309 e. The van der Waals surface area contributed by atoms with Crippen LogP contribution in [0.4, 0.5) is 0 Å². The van der Waals surface area contributed by atoms with E-state index in [1.165, 1.54) is 32.6 Å². The number of nitrogens with zero attached hydrogens (tertiary/aromatic N) is 2. The van der Waals surface area contributed by atoms with Gasteiger partial charge in [0, 0.05) is 53.1 Å². The molecular weight excluding hydrogens is 685 g/mol. The maximum atomic E-state index is 8.79. The highest BCUT2D eigenvalue weighted by Crippen LogP contribution is 2.43. The van der Waals surface area contributed by atoms with Crippen LogP contribution in [-0.4, -0.2) is 9.13 Å². The van der Waals surface area contributed by atoms with Crippen molar-refractivity contribution in [3.05, 3.63) is 194 Å². The first-order chi connectivity index (χ1) is 29.3. The summed E-state index contributed by atoms with van der Waals surface area (Å²) in [6.45, 7) is 0. The van der Waals surface area contributed by atoms with Crippen LogP contribution in [0, 0.1) is 0 Å². The highest BCUT2D eigenvalue weighted by Gasteiger charge is 2.18. The summed E-state index contributed by atoms with van der Waals surface area (Å²) in [5, 5.41) is 9.03. The Hall–Kier alpha value is -6.94. The molecule has 12 aromatic rings. The monoisotopic (exact) mass is 721 g/mol. The Morgan fingerprint density at radius 2 is 0.982 bits per heavy atom. The van der Waals surface area contributed by atoms with Crippen molar-refractivity contribution in [2.24, 2.45) is 0 Å². The summed E-state index contributed by atoms with van der Waals surface area (Å²) in [4.78, 5) is 0. The molecule has 0 aliphatic heterocycles. The van der Waals surface area contributed by atoms with Gasteiger partial charge in [-0.15, -0.1) is 11.3 Å². The van der Waals surface area contributed by atoms with Crippen LogP contribution < -0.4 is 0 Å². The van der Waals surface area contributed by atoms with E-state index in [1.54, 1.807) is 11.3 Å². The smallest absolute Gasteiger partial charge is 0.0629 e. The second-order valence-electron chi connectivity index (χ2n) is 14.2. The molecule has 3 heteroatoms. The molecule has 55 heavy (non-hydrogen) atoms. The molecule has 0 bridgehead atoms. The molecule has 256 valence electrons. The Bertz CT molecular complexity index is 3770. The van der Waals surface area contributed by atoms with Crippen molar-refractivity contribution in [2.75, 3.05) is 0 Å². The third-order valence-corrected chi connectivity index (χ3v) is 12.3. The largest absolute Gasteiger partial charge is 0.309 e. The summed E-state index contributed by atoms with van der Waals surface area (Å²) in [5.74, 6) is 0. The van der Waals surface area contributed by atoms with Crippen molar-refractivity contribution in [3.63, 3.8) is 0 Å². The third-order valence-electron chi connectivity index (χ3n) is 11.2. The molecule has 3 aromatic heterocycles. The van der Waals surface area contributed by atoms with Gasteiger partial charge in [-0.1, -0.05) is 121 Å². The molecule has 0 fully saturated rings. The number of para-hydroxylation sites is 2. The fraction of sp³-hybridized carbons (Fsp3) is 0. The van der Waals surface area contributed by atoms with Gasteiger partial charge in [-0.05, 0) is 106 Å². The Kier molecular flexibility index (Phi) is 5.56. The molecule has 0 amide bonds. The predicted octanol–water partition coefficient (Wildman–Crippen LogP) is 14.7. The van der Waals surface area contributed by atoms with Gasteiger partial charge in [-0.25, -0.2) is 0 Å². The fourth-order valence-electron chi connectivity index (χ4n) is 8.72. The summed E-state index contributed by atoms with van der Waals surface area (Å²) in [5.41, 5.74) is 9.77. The van der Waals surface area contributed by atoms with E-state index in [2.05, 4.69) is 155 Å². The fourth-order valence-corrected chi connectivity index (χ4v) is 9.84. The standard InChI is InChI=1S/C52H32N2S/c1-2-12-34(13-3-1)40-17-10-20-51-52(40)45-32-39(25-28-50(45)55-51)54-47-19-9-7-16-42(47)44-31-37(23-27-49(44)54)36-22-26-48-43(30-36)41-15-6-8-18-46(41)53(48)38-24-21-33-11-4-5-14-35(33)29-38/h1-32H/i1D,2D,3D,12D,13D. The molecule has 0 saturated heterocycles. The first-order valence-electron chi connectivity index (χ1n) is 20.9. The minimum absolute atomic E-state index is 0.197. The van der Waals surface area contributed by atoms with E-state index in [-0.39, 0.29) is 29.7 Å². The van der Waals surface area contributed by atoms with E-state index in [0.29, 0.717) is 5.56 Å². The van der Waals surface area contributed by atoms with Gasteiger partial charge in [-0.2, -0.15) is 0 Å². The van der Waals surface area contributed by atoms with E-state index in [4.69, 9.17) is 6.85 Å². The van der Waals surface area contributed by atoms with Crippen molar-refractivity contribution in [2.45, 2.75) is 0 Å². The Morgan fingerprint density at radius 1 is 0.382 bits per heavy atom. The van der Waals surface area contributed by atoms with E-state index in [1.807, 2.05) is 18.2 Å². The van der Waals surface area contributed by atoms with Gasteiger partial charge in [0.15, 0.2) is 0 Å². The SMILES string of the molecule is [2H]c1c([2H])c([2H])c(-c2cccc3sc4ccc(-n5c6ccccc6c6cc(-c7ccc8c(c7)c7ccccc7n8-c7ccc8ccccc8c7)ccc65)cc4c23)c([2H])c1[2H]. The molecule has 0 aliphatic carbocycles. The van der Waals surface area contributed by atoms with Crippen LogP contribution in [0.3, 0.4) is 0 Å². The van der Waals surface area contributed by atoms with E-state index < -0.39 is 6.04 Å². The Balaban J connectivity index is 1.02. The van der Waals surface area contributed by atoms with Crippen molar-refractivity contribution in [3.8, 4) is 33.6 Å². The van der Waals surface area contributed by atoms with E-state index in [9.17, 15) is 0 Å². The first-order valence-corrected chi connectivity index (χ1v) is 19.2. The van der Waals surface area contributed by atoms with Gasteiger partial charge in [0.2, 0.25) is 0 Å². The lowest BCUT2D eigenvalue weighted by Crippen LogP contribution is -1.94. The van der Waals surface area contributed by atoms with Crippen LogP contribution in [0.5, 0.6) is 0 Å². The number of rotatable bonds is 4. The van der Waals surface area contributed by atoms with E-state index in [0.717, 1.165) is 64.5 Å². The lowest BCUT2D eigenvalue weighted by Gasteiger charge is -2.10. The normalized spacial score (nSPS) is 13.3. The van der Waals surface area contributed by atoms with Crippen molar-refractivity contribution in [1.82, 2.24) is 9.13 Å². The van der Waals surface area contributed by atoms with Crippen LogP contribution in [-0.2, 0) is 0 Å². The molecule has 3 heterocycles. The molecule has 2 nitrogen and oxygen atoms in total. The van der Waals surface area contributed by atoms with Gasteiger partial charge in [-0.3, -0.25) is 0 Å². The zero-order valence-corrected chi connectivity index (χ0v) is 30.2. The number of fused-ring (bicyclic) bond motifs is 10. The van der Waals surface area contributed by atoms with Crippen LogP contribution >= 0.6 is 11.3 Å². The zero-order chi connectivity index (χ0) is 40.4. The highest BCUT2D eigenvalue weighted by molar-refractivity contribution is 7.26. The summed E-state index contributed by atoms with van der Waals surface area (Å²) in [6.07, 6.45) is 0. The molecular formula is C52H32N2S. The molecule has 0 radical (unpaired) electrons. The quantitative estimate of drug-likeness (QED) is 0.171. The number of hydrogen-bond donors (Lipinski definition) is 0. The van der Waals surface area contributed by atoms with Crippen LogP contribution in [0.25, 0.3) is 108 Å². The van der Waals surface area contributed by atoms with Gasteiger partial charge in [0.25, 0.3) is 0 Å². The van der Waals surface area contributed by atoms with Crippen LogP contribution in [0.1, 0.15) is 6.85 Å². The summed E-state index contributed by atoms with van der Waals surface area (Å²) >= 11 is 1.64. The molecule has 0 saturated carbocycles. The predicted molar refractivity (Wildman–Crippen MR) is 236 cm³/mol. The second kappa shape index (κ2) is 11.8. The van der Waals surface area contributed by atoms with Gasteiger partial charge >= 0.3 is 0 Å². The number of benzene rings is 9. The third kappa shape index (κ3) is 4.60. The lowest BCUT2D eigenvalue weighted by molar-refractivity contribution is 1.19. The van der Waals surface area contributed by atoms with Crippen molar-refractivity contribution >= 4 is 85.9 Å². The highest BCUT2D eigenvalue weighted by atomic mass is 32.1. The van der Waals surface area contributed by atoms with Crippen molar-refractivity contribution in [1.29, 1.82) is 0 Å². The Morgan fingerprint density at radius 3 is 1.69 bits per heavy atom. The van der Waals surface area contributed by atoms with Gasteiger partial charge in [0.05, 0.1) is 28.9 Å². The zero-order valence-electron chi connectivity index (χ0n) is 34.4. The maximum Gasteiger partial charge on any atom is 0.0629 e. The molecule has 0 N–H and O–H groups in total. The second-order valence-corrected chi connectivity index (χ2v) is 15.2. The number of thiophene rings is 1. The molecule has 0 aliphatic rings. The van der Waals surface area contributed by atoms with Gasteiger partial charge < -0.3 is 9.13 Å². The topological polar surface area (TPSA) is 9.86 Å². The summed E-state index contributed by atoms with van der Waals surface area (Å²) in [7, 11) is 0. The Labute approximate surface area is 328 Å². The summed E-state index contributed by atoms with van der Waals surface area (Å²) < 4.78 is 49.3. The average molecular weight is 722 g/mol. The molecule has 9 aromatic carbocycles. The lowest BCUT2D eigenvalue weighted by atomic mass is 9.99.